The summed E-state index contributed by atoms with van der Waals surface area (Å²) in [5.74, 6) is 0.709. The van der Waals surface area contributed by atoms with Crippen molar-refractivity contribution < 1.29 is 10.2 Å². The molecule has 1 aromatic heterocycles. The van der Waals surface area contributed by atoms with Crippen LogP contribution >= 0.6 is 11.8 Å². The quantitative estimate of drug-likeness (QED) is 0.515. The molecule has 0 bridgehead atoms. The van der Waals surface area contributed by atoms with E-state index in [1.54, 1.807) is 18.0 Å². The van der Waals surface area contributed by atoms with Gasteiger partial charge in [-0.25, -0.2) is 4.98 Å². The summed E-state index contributed by atoms with van der Waals surface area (Å²) in [4.78, 5) is 22.3. The summed E-state index contributed by atoms with van der Waals surface area (Å²) in [6, 6.07) is 0. The molecule has 4 N–H and O–H groups in total. The number of H-pyrrole nitrogens is 1. The summed E-state index contributed by atoms with van der Waals surface area (Å²) in [5.41, 5.74) is 0.824. The summed E-state index contributed by atoms with van der Waals surface area (Å²) in [5, 5.41) is 22.1. The highest BCUT2D eigenvalue weighted by atomic mass is 32.2. The second-order valence-corrected chi connectivity index (χ2v) is 5.88. The number of hydrogen-bond donors (Lipinski definition) is 4. The zero-order chi connectivity index (χ0) is 15.2. The minimum Gasteiger partial charge on any atom is -0.394 e. The van der Waals surface area contributed by atoms with E-state index in [-0.39, 0.29) is 24.0 Å². The second-order valence-electron chi connectivity index (χ2n) is 4.97. The van der Waals surface area contributed by atoms with Crippen molar-refractivity contribution in [2.24, 2.45) is 10.9 Å². The molecule has 0 spiro atoms. The Kier molecular flexibility index (Phi) is 5.92. The van der Waals surface area contributed by atoms with Crippen LogP contribution in [0.4, 0.5) is 5.69 Å². The van der Waals surface area contributed by atoms with Crippen LogP contribution in [0, 0.1) is 5.92 Å². The maximum atomic E-state index is 11.6. The van der Waals surface area contributed by atoms with Crippen LogP contribution in [0.3, 0.4) is 0 Å². The molecule has 0 saturated heterocycles. The summed E-state index contributed by atoms with van der Waals surface area (Å²) < 4.78 is 0. The van der Waals surface area contributed by atoms with Crippen molar-refractivity contribution in [1.82, 2.24) is 15.3 Å². The maximum absolute atomic E-state index is 11.6. The van der Waals surface area contributed by atoms with Gasteiger partial charge in [0.15, 0.2) is 0 Å². The molecule has 0 fully saturated rings. The number of rotatable bonds is 8. The molecular formula is C13H20N4O3S. The number of hydrogen-bond acceptors (Lipinski definition) is 7. The zero-order valence-corrected chi connectivity index (χ0v) is 12.6. The zero-order valence-electron chi connectivity index (χ0n) is 11.8. The Labute approximate surface area is 126 Å². The second kappa shape index (κ2) is 7.69. The van der Waals surface area contributed by atoms with Gasteiger partial charge in [-0.2, -0.15) is 11.8 Å². The third-order valence-electron chi connectivity index (χ3n) is 3.47. The molecule has 2 heterocycles. The SMILES string of the molecule is CSCC(CNCC1C=Nc2c1nc[nH]c2=O)C(O)CO. The van der Waals surface area contributed by atoms with Gasteiger partial charge < -0.3 is 20.5 Å². The largest absolute Gasteiger partial charge is 0.394 e. The van der Waals surface area contributed by atoms with Crippen LogP contribution in [0.15, 0.2) is 16.1 Å². The molecule has 0 saturated carbocycles. The van der Waals surface area contributed by atoms with Crippen LogP contribution in [-0.4, -0.2) is 64.2 Å². The molecule has 0 amide bonds. The highest BCUT2D eigenvalue weighted by Crippen LogP contribution is 2.25. The lowest BCUT2D eigenvalue weighted by atomic mass is 10.0. The van der Waals surface area contributed by atoms with Crippen molar-refractivity contribution in [1.29, 1.82) is 0 Å². The third kappa shape index (κ3) is 3.91. The first-order valence-corrected chi connectivity index (χ1v) is 8.17. The number of aliphatic imine (C=N–C) groups is 1. The van der Waals surface area contributed by atoms with Crippen molar-refractivity contribution in [2.75, 3.05) is 31.7 Å². The molecule has 1 aliphatic heterocycles. The molecule has 3 atom stereocenters. The minimum absolute atomic E-state index is 0.0186. The van der Waals surface area contributed by atoms with Gasteiger partial charge >= 0.3 is 0 Å². The fraction of sp³-hybridized carbons (Fsp3) is 0.615. The molecule has 21 heavy (non-hydrogen) atoms. The van der Waals surface area contributed by atoms with E-state index in [1.165, 1.54) is 6.33 Å². The highest BCUT2D eigenvalue weighted by molar-refractivity contribution is 7.98. The lowest BCUT2D eigenvalue weighted by Gasteiger charge is -2.21. The van der Waals surface area contributed by atoms with E-state index in [4.69, 9.17) is 5.11 Å². The summed E-state index contributed by atoms with van der Waals surface area (Å²) in [7, 11) is 0. The molecule has 0 radical (unpaired) electrons. The highest BCUT2D eigenvalue weighted by Gasteiger charge is 2.23. The summed E-state index contributed by atoms with van der Waals surface area (Å²) >= 11 is 1.63. The smallest absolute Gasteiger partial charge is 0.276 e. The lowest BCUT2D eigenvalue weighted by Crippen LogP contribution is -2.37. The maximum Gasteiger partial charge on any atom is 0.276 e. The molecule has 1 aromatic rings. The molecule has 0 aromatic carbocycles. The average molecular weight is 312 g/mol. The van der Waals surface area contributed by atoms with E-state index in [0.717, 1.165) is 5.75 Å². The molecule has 8 heteroatoms. The Morgan fingerprint density at radius 1 is 1.57 bits per heavy atom. The predicted molar refractivity (Wildman–Crippen MR) is 83.6 cm³/mol. The van der Waals surface area contributed by atoms with Crippen LogP contribution in [0.25, 0.3) is 0 Å². The van der Waals surface area contributed by atoms with E-state index in [9.17, 15) is 9.90 Å². The van der Waals surface area contributed by atoms with Gasteiger partial charge in [0.2, 0.25) is 0 Å². The Morgan fingerprint density at radius 3 is 3.10 bits per heavy atom. The van der Waals surface area contributed by atoms with Crippen molar-refractivity contribution in [3.05, 3.63) is 22.4 Å². The minimum atomic E-state index is -0.726. The van der Waals surface area contributed by atoms with Gasteiger partial charge in [0.05, 0.1) is 30.7 Å². The number of thioether (sulfide) groups is 1. The van der Waals surface area contributed by atoms with Crippen LogP contribution in [0.5, 0.6) is 0 Å². The van der Waals surface area contributed by atoms with Crippen LogP contribution in [-0.2, 0) is 0 Å². The van der Waals surface area contributed by atoms with Gasteiger partial charge in [0.25, 0.3) is 5.56 Å². The number of nitrogens with zero attached hydrogens (tertiary/aromatic N) is 2. The van der Waals surface area contributed by atoms with E-state index >= 15 is 0 Å². The number of aromatic amines is 1. The molecule has 3 unspecified atom stereocenters. The monoisotopic (exact) mass is 312 g/mol. The molecule has 1 aliphatic rings. The number of aromatic nitrogens is 2. The molecule has 7 nitrogen and oxygen atoms in total. The first-order valence-electron chi connectivity index (χ1n) is 6.77. The number of aliphatic hydroxyl groups excluding tert-OH is 2. The standard InChI is InChI=1S/C13H20N4O3S/c1-21-6-9(10(19)5-18)3-14-2-8-4-15-12-11(8)16-7-17-13(12)20/h4,7-10,14,18-19H,2-3,5-6H2,1H3,(H,16,17,20). The van der Waals surface area contributed by atoms with Crippen LogP contribution in [0.2, 0.25) is 0 Å². The lowest BCUT2D eigenvalue weighted by molar-refractivity contribution is 0.0551. The normalized spacial score (nSPS) is 19.5. The van der Waals surface area contributed by atoms with Crippen molar-refractivity contribution in [3.8, 4) is 0 Å². The third-order valence-corrected chi connectivity index (χ3v) is 4.24. The predicted octanol–water partition coefficient (Wildman–Crippen LogP) is -0.509. The van der Waals surface area contributed by atoms with Crippen molar-refractivity contribution >= 4 is 23.7 Å². The van der Waals surface area contributed by atoms with Crippen molar-refractivity contribution in [2.45, 2.75) is 12.0 Å². The van der Waals surface area contributed by atoms with Gasteiger partial charge in [-0.3, -0.25) is 9.79 Å². The van der Waals surface area contributed by atoms with Crippen molar-refractivity contribution in [3.63, 3.8) is 0 Å². The molecule has 2 rings (SSSR count). The van der Waals surface area contributed by atoms with E-state index in [1.807, 2.05) is 6.26 Å². The topological polar surface area (TPSA) is 111 Å². The molecule has 0 aliphatic carbocycles. The Hall–Kier alpha value is -1.22. The first-order chi connectivity index (χ1) is 10.2. The molecule has 116 valence electrons. The Bertz CT molecular complexity index is 548. The summed E-state index contributed by atoms with van der Waals surface area (Å²) in [6.45, 7) is 0.943. The first kappa shape index (κ1) is 16.2. The van der Waals surface area contributed by atoms with E-state index in [2.05, 4.69) is 20.3 Å². The Balaban J connectivity index is 1.89. The van der Waals surface area contributed by atoms with E-state index < -0.39 is 6.10 Å². The van der Waals surface area contributed by atoms with Gasteiger partial charge in [-0.15, -0.1) is 0 Å². The average Bonchev–Trinajstić information content (AvgIpc) is 2.90. The fourth-order valence-corrected chi connectivity index (χ4v) is 3.05. The fourth-order valence-electron chi connectivity index (χ4n) is 2.28. The van der Waals surface area contributed by atoms with Gasteiger partial charge in [-0.05, 0) is 12.0 Å². The number of fused-ring (bicyclic) bond motifs is 1. The van der Waals surface area contributed by atoms with Gasteiger partial charge in [-0.1, -0.05) is 0 Å². The summed E-state index contributed by atoms with van der Waals surface area (Å²) in [6.07, 6.45) is 4.34. The van der Waals surface area contributed by atoms with E-state index in [0.29, 0.717) is 24.5 Å². The number of aliphatic hydroxyl groups is 2. The van der Waals surface area contributed by atoms with Gasteiger partial charge in [0, 0.05) is 25.2 Å². The number of nitrogens with one attached hydrogen (secondary N) is 2. The molecular weight excluding hydrogens is 292 g/mol. The van der Waals surface area contributed by atoms with Gasteiger partial charge in [0.1, 0.15) is 5.69 Å². The Morgan fingerprint density at radius 2 is 2.38 bits per heavy atom. The van der Waals surface area contributed by atoms with Crippen LogP contribution in [0.1, 0.15) is 11.6 Å². The van der Waals surface area contributed by atoms with Crippen LogP contribution < -0.4 is 10.9 Å².